The van der Waals surface area contributed by atoms with Crippen LogP contribution in [0.2, 0.25) is 0 Å². The van der Waals surface area contributed by atoms with Crippen molar-refractivity contribution in [3.8, 4) is 16.9 Å². The Balaban J connectivity index is 1.84. The SMILES string of the molecule is COc1ccc(CCn2nc(C)c(-c3c(C(N)=O)nc4ccccc4c3C(N)=O)c2C)cc1. The molecule has 0 fully saturated rings. The Hall–Kier alpha value is -4.20. The fourth-order valence-electron chi connectivity index (χ4n) is 4.19. The summed E-state index contributed by atoms with van der Waals surface area (Å²) in [5.41, 5.74) is 15.7. The number of hydrogen-bond acceptors (Lipinski definition) is 5. The second-order valence-electron chi connectivity index (χ2n) is 7.82. The number of hydrogen-bond donors (Lipinski definition) is 2. The molecular weight excluding hydrogens is 418 g/mol. The number of methoxy groups -OCH3 is 1. The van der Waals surface area contributed by atoms with Gasteiger partial charge in [-0.15, -0.1) is 0 Å². The van der Waals surface area contributed by atoms with Crippen LogP contribution < -0.4 is 16.2 Å². The minimum absolute atomic E-state index is 0.00315. The second kappa shape index (κ2) is 8.74. The highest BCUT2D eigenvalue weighted by molar-refractivity contribution is 6.15. The highest BCUT2D eigenvalue weighted by Gasteiger charge is 2.27. The van der Waals surface area contributed by atoms with Crippen LogP contribution in [0.3, 0.4) is 0 Å². The van der Waals surface area contributed by atoms with Crippen molar-refractivity contribution in [2.45, 2.75) is 26.8 Å². The van der Waals surface area contributed by atoms with Gasteiger partial charge in [0.2, 0.25) is 5.91 Å². The molecule has 0 spiro atoms. The minimum Gasteiger partial charge on any atom is -0.497 e. The van der Waals surface area contributed by atoms with Gasteiger partial charge in [0.15, 0.2) is 0 Å². The summed E-state index contributed by atoms with van der Waals surface area (Å²) in [5.74, 6) is -0.590. The summed E-state index contributed by atoms with van der Waals surface area (Å²) >= 11 is 0. The number of carbonyl (C=O) groups is 2. The molecule has 0 aliphatic carbocycles. The van der Waals surface area contributed by atoms with Crippen molar-refractivity contribution in [1.29, 1.82) is 0 Å². The number of pyridine rings is 1. The topological polar surface area (TPSA) is 126 Å². The molecule has 0 bridgehead atoms. The molecule has 0 saturated heterocycles. The van der Waals surface area contributed by atoms with Crippen LogP contribution in [0.5, 0.6) is 5.75 Å². The maximum absolute atomic E-state index is 12.6. The Labute approximate surface area is 191 Å². The molecule has 0 atom stereocenters. The van der Waals surface area contributed by atoms with Gasteiger partial charge in [-0.1, -0.05) is 30.3 Å². The number of primary amides is 2. The molecule has 2 aromatic heterocycles. The Kier molecular flexibility index (Phi) is 5.83. The van der Waals surface area contributed by atoms with Crippen molar-refractivity contribution in [2.24, 2.45) is 11.5 Å². The van der Waals surface area contributed by atoms with Crippen LogP contribution in [0.15, 0.2) is 48.5 Å². The molecule has 4 N–H and O–H groups in total. The number of amides is 2. The average Bonchev–Trinajstić information content (AvgIpc) is 3.09. The Morgan fingerprint density at radius 3 is 2.30 bits per heavy atom. The summed E-state index contributed by atoms with van der Waals surface area (Å²) in [6.45, 7) is 4.34. The van der Waals surface area contributed by atoms with Crippen LogP contribution in [-0.4, -0.2) is 33.7 Å². The largest absolute Gasteiger partial charge is 0.497 e. The van der Waals surface area contributed by atoms with Gasteiger partial charge in [-0.25, -0.2) is 4.98 Å². The van der Waals surface area contributed by atoms with Gasteiger partial charge in [0.25, 0.3) is 5.91 Å². The summed E-state index contributed by atoms with van der Waals surface area (Å²) < 4.78 is 7.07. The Morgan fingerprint density at radius 1 is 0.970 bits per heavy atom. The van der Waals surface area contributed by atoms with Crippen LogP contribution >= 0.6 is 0 Å². The zero-order chi connectivity index (χ0) is 23.7. The third-order valence-corrected chi connectivity index (χ3v) is 5.78. The molecule has 0 aliphatic rings. The van der Waals surface area contributed by atoms with Crippen molar-refractivity contribution < 1.29 is 14.3 Å². The molecule has 2 heterocycles. The molecule has 168 valence electrons. The molecule has 2 amide bonds. The average molecular weight is 444 g/mol. The lowest BCUT2D eigenvalue weighted by Crippen LogP contribution is -2.21. The monoisotopic (exact) mass is 443 g/mol. The number of rotatable bonds is 7. The summed E-state index contributed by atoms with van der Waals surface area (Å²) in [7, 11) is 1.63. The molecular formula is C25H25N5O3. The summed E-state index contributed by atoms with van der Waals surface area (Å²) in [6.07, 6.45) is 0.743. The lowest BCUT2D eigenvalue weighted by atomic mass is 9.92. The molecule has 4 rings (SSSR count). The van der Waals surface area contributed by atoms with Gasteiger partial charge < -0.3 is 16.2 Å². The van der Waals surface area contributed by atoms with Crippen LogP contribution in [-0.2, 0) is 13.0 Å². The summed E-state index contributed by atoms with van der Waals surface area (Å²) in [6, 6.07) is 14.9. The number of carbonyl (C=O) groups excluding carboxylic acids is 2. The third-order valence-electron chi connectivity index (χ3n) is 5.78. The van der Waals surface area contributed by atoms with Crippen molar-refractivity contribution in [2.75, 3.05) is 7.11 Å². The molecule has 33 heavy (non-hydrogen) atoms. The standard InChI is InChI=1S/C25H25N5O3/c1-14-20(15(2)30(29-14)13-12-16-8-10-17(33-3)11-9-16)22-21(24(26)31)18-6-4-5-7-19(18)28-23(22)25(27)32/h4-11H,12-13H2,1-3H3,(H2,26,31)(H2,27,32). The van der Waals surface area contributed by atoms with E-state index in [1.54, 1.807) is 31.4 Å². The van der Waals surface area contributed by atoms with Gasteiger partial charge in [0.1, 0.15) is 11.4 Å². The zero-order valence-electron chi connectivity index (χ0n) is 18.8. The maximum Gasteiger partial charge on any atom is 0.267 e. The molecule has 8 nitrogen and oxygen atoms in total. The van der Waals surface area contributed by atoms with Crippen LogP contribution in [0.25, 0.3) is 22.0 Å². The smallest absolute Gasteiger partial charge is 0.267 e. The number of aryl methyl sites for hydroxylation is 3. The molecule has 0 unspecified atom stereocenters. The van der Waals surface area contributed by atoms with Crippen molar-refractivity contribution in [3.63, 3.8) is 0 Å². The predicted molar refractivity (Wildman–Crippen MR) is 126 cm³/mol. The van der Waals surface area contributed by atoms with Gasteiger partial charge in [-0.3, -0.25) is 14.3 Å². The van der Waals surface area contributed by atoms with E-state index in [0.717, 1.165) is 23.4 Å². The molecule has 4 aromatic rings. The zero-order valence-corrected chi connectivity index (χ0v) is 18.8. The number of aromatic nitrogens is 3. The van der Waals surface area contributed by atoms with E-state index in [9.17, 15) is 9.59 Å². The van der Waals surface area contributed by atoms with E-state index in [1.165, 1.54) is 0 Å². The van der Waals surface area contributed by atoms with E-state index in [2.05, 4.69) is 10.1 Å². The highest BCUT2D eigenvalue weighted by Crippen LogP contribution is 2.36. The van der Waals surface area contributed by atoms with E-state index >= 15 is 0 Å². The normalized spacial score (nSPS) is 11.0. The first kappa shape index (κ1) is 22.0. The van der Waals surface area contributed by atoms with Gasteiger partial charge in [0, 0.05) is 28.8 Å². The number of para-hydroxylation sites is 1. The summed E-state index contributed by atoms with van der Waals surface area (Å²) in [5, 5.41) is 5.24. The Bertz CT molecular complexity index is 1370. The molecule has 2 aromatic carbocycles. The number of ether oxygens (including phenoxy) is 1. The molecule has 0 saturated carbocycles. The second-order valence-corrected chi connectivity index (χ2v) is 7.82. The first-order valence-corrected chi connectivity index (χ1v) is 10.5. The van der Waals surface area contributed by atoms with Gasteiger partial charge >= 0.3 is 0 Å². The van der Waals surface area contributed by atoms with Gasteiger partial charge in [0.05, 0.1) is 23.9 Å². The first-order chi connectivity index (χ1) is 15.8. The van der Waals surface area contributed by atoms with E-state index in [1.807, 2.05) is 42.8 Å². The maximum atomic E-state index is 12.6. The van der Waals surface area contributed by atoms with Gasteiger partial charge in [-0.2, -0.15) is 5.10 Å². The van der Waals surface area contributed by atoms with Crippen molar-refractivity contribution in [3.05, 3.63) is 76.7 Å². The lowest BCUT2D eigenvalue weighted by molar-refractivity contribution is 0.0996. The van der Waals surface area contributed by atoms with Crippen LogP contribution in [0.4, 0.5) is 0 Å². The number of nitrogens with two attached hydrogens (primary N) is 2. The predicted octanol–water partition coefficient (Wildman–Crippen LogP) is 3.16. The van der Waals surface area contributed by atoms with E-state index in [4.69, 9.17) is 16.2 Å². The fourth-order valence-corrected chi connectivity index (χ4v) is 4.19. The quantitative estimate of drug-likeness (QED) is 0.454. The summed E-state index contributed by atoms with van der Waals surface area (Å²) in [4.78, 5) is 29.4. The van der Waals surface area contributed by atoms with E-state index < -0.39 is 11.8 Å². The highest BCUT2D eigenvalue weighted by atomic mass is 16.5. The number of benzene rings is 2. The number of fused-ring (bicyclic) bond motifs is 1. The van der Waals surface area contributed by atoms with E-state index in [-0.39, 0.29) is 11.3 Å². The molecule has 8 heteroatoms. The lowest BCUT2D eigenvalue weighted by Gasteiger charge is -2.14. The Morgan fingerprint density at radius 2 is 1.67 bits per heavy atom. The number of nitrogens with zero attached hydrogens (tertiary/aromatic N) is 3. The fraction of sp³-hybridized carbons (Fsp3) is 0.200. The third kappa shape index (κ3) is 4.03. The van der Waals surface area contributed by atoms with E-state index in [0.29, 0.717) is 34.3 Å². The van der Waals surface area contributed by atoms with Crippen LogP contribution in [0.1, 0.15) is 37.8 Å². The molecule has 0 aliphatic heterocycles. The minimum atomic E-state index is -0.733. The van der Waals surface area contributed by atoms with Crippen molar-refractivity contribution >= 4 is 22.7 Å². The first-order valence-electron chi connectivity index (χ1n) is 10.5. The van der Waals surface area contributed by atoms with Gasteiger partial charge in [-0.05, 0) is 44.0 Å². The van der Waals surface area contributed by atoms with Crippen LogP contribution in [0, 0.1) is 13.8 Å². The molecule has 0 radical (unpaired) electrons. The van der Waals surface area contributed by atoms with Crippen molar-refractivity contribution in [1.82, 2.24) is 14.8 Å².